The number of benzene rings is 1. The lowest BCUT2D eigenvalue weighted by atomic mass is 9.68. The number of allylic oxidation sites excluding steroid dienone is 1. The molecule has 34 heavy (non-hydrogen) atoms. The quantitative estimate of drug-likeness (QED) is 0.387. The zero-order valence-electron chi connectivity index (χ0n) is 19.6. The highest BCUT2D eigenvalue weighted by Crippen LogP contribution is 2.46. The van der Waals surface area contributed by atoms with E-state index in [2.05, 4.69) is 4.74 Å². The number of aliphatic hydroxyl groups excluding tert-OH is 2. The van der Waals surface area contributed by atoms with Crippen molar-refractivity contribution in [3.05, 3.63) is 46.5 Å². The van der Waals surface area contributed by atoms with Gasteiger partial charge in [0.25, 0.3) is 0 Å². The number of carbonyl (C=O) groups excluding carboxylic acids is 3. The molecule has 3 amide bonds. The van der Waals surface area contributed by atoms with E-state index in [1.54, 1.807) is 18.2 Å². The van der Waals surface area contributed by atoms with E-state index >= 15 is 0 Å². The number of nitrogens with zero attached hydrogens (tertiary/aromatic N) is 1. The first-order chi connectivity index (χ1) is 16.2. The summed E-state index contributed by atoms with van der Waals surface area (Å²) in [4.78, 5) is 38.3. The molecule has 1 aliphatic heterocycles. The Morgan fingerprint density at radius 2 is 2.00 bits per heavy atom. The van der Waals surface area contributed by atoms with Gasteiger partial charge in [-0.15, -0.1) is 0 Å². The van der Waals surface area contributed by atoms with Crippen LogP contribution in [0.4, 0.5) is 4.79 Å². The lowest BCUT2D eigenvalue weighted by Gasteiger charge is -2.36. The van der Waals surface area contributed by atoms with Crippen LogP contribution in [-0.2, 0) is 19.1 Å². The van der Waals surface area contributed by atoms with Gasteiger partial charge in [0.1, 0.15) is 5.75 Å². The molecule has 0 aromatic heterocycles. The van der Waals surface area contributed by atoms with E-state index in [0.29, 0.717) is 28.9 Å². The predicted molar refractivity (Wildman–Crippen MR) is 122 cm³/mol. The van der Waals surface area contributed by atoms with Crippen LogP contribution in [0.2, 0.25) is 0 Å². The lowest BCUT2D eigenvalue weighted by molar-refractivity contribution is -0.137. The van der Waals surface area contributed by atoms with Crippen molar-refractivity contribution in [1.29, 1.82) is 0 Å². The van der Waals surface area contributed by atoms with Crippen LogP contribution in [0.5, 0.6) is 5.75 Å². The van der Waals surface area contributed by atoms with Crippen LogP contribution in [0.25, 0.3) is 6.08 Å². The molecule has 3 rings (SSSR count). The number of amides is 3. The maximum absolute atomic E-state index is 13.0. The molecule has 184 valence electrons. The third-order valence-corrected chi connectivity index (χ3v) is 6.51. The molecule has 0 unspecified atom stereocenters. The Hall–Kier alpha value is -3.01. The fourth-order valence-corrected chi connectivity index (χ4v) is 5.03. The van der Waals surface area contributed by atoms with E-state index in [1.165, 1.54) is 7.11 Å². The van der Waals surface area contributed by atoms with Gasteiger partial charge in [-0.2, -0.15) is 4.90 Å². The fraction of sp³-hybridized carbons (Fsp3) is 0.480. The Balaban J connectivity index is 1.85. The molecule has 0 saturated carbocycles. The van der Waals surface area contributed by atoms with Gasteiger partial charge in [-0.25, -0.2) is 4.79 Å². The van der Waals surface area contributed by atoms with Crippen molar-refractivity contribution in [1.82, 2.24) is 4.90 Å². The van der Waals surface area contributed by atoms with Crippen molar-refractivity contribution in [2.75, 3.05) is 27.4 Å². The molecule has 1 saturated heterocycles. The highest BCUT2D eigenvalue weighted by molar-refractivity contribution is 6.16. The number of phenolic OH excluding ortho intramolecular Hbond substituents is 1. The maximum atomic E-state index is 13.0. The molecule has 1 fully saturated rings. The van der Waals surface area contributed by atoms with Gasteiger partial charge in [0.05, 0.1) is 38.3 Å². The third-order valence-electron chi connectivity index (χ3n) is 6.51. The van der Waals surface area contributed by atoms with Crippen LogP contribution in [-0.4, -0.2) is 71.7 Å². The first kappa shape index (κ1) is 25.6. The number of hydrogen-bond donors (Lipinski definition) is 3. The number of methoxy groups -OCH3 is 2. The van der Waals surface area contributed by atoms with Crippen LogP contribution < -0.4 is 0 Å². The molecule has 1 heterocycles. The maximum Gasteiger partial charge on any atom is 0.423 e. The monoisotopic (exact) mass is 473 g/mol. The van der Waals surface area contributed by atoms with Crippen LogP contribution in [0.1, 0.15) is 31.7 Å². The van der Waals surface area contributed by atoms with E-state index < -0.39 is 48.4 Å². The zero-order valence-corrected chi connectivity index (χ0v) is 19.6. The van der Waals surface area contributed by atoms with Crippen LogP contribution >= 0.6 is 0 Å². The number of imide groups is 3. The Morgan fingerprint density at radius 1 is 1.26 bits per heavy atom. The molecular formula is C25H31NO8. The van der Waals surface area contributed by atoms with Gasteiger partial charge in [-0.05, 0) is 55.0 Å². The summed E-state index contributed by atoms with van der Waals surface area (Å²) in [5.74, 6) is -3.81. The van der Waals surface area contributed by atoms with Crippen molar-refractivity contribution in [2.45, 2.75) is 32.3 Å². The summed E-state index contributed by atoms with van der Waals surface area (Å²) in [5.41, 5.74) is 2.94. The van der Waals surface area contributed by atoms with Crippen molar-refractivity contribution in [3.8, 4) is 5.75 Å². The number of rotatable bonds is 8. The Morgan fingerprint density at radius 3 is 2.62 bits per heavy atom. The molecule has 9 heteroatoms. The van der Waals surface area contributed by atoms with Gasteiger partial charge in [0.15, 0.2) is 0 Å². The van der Waals surface area contributed by atoms with Crippen molar-refractivity contribution in [2.24, 2.45) is 17.8 Å². The van der Waals surface area contributed by atoms with E-state index in [4.69, 9.17) is 4.74 Å². The van der Waals surface area contributed by atoms with E-state index in [0.717, 1.165) is 18.2 Å². The average molecular weight is 474 g/mol. The van der Waals surface area contributed by atoms with Crippen LogP contribution in [0.15, 0.2) is 41.0 Å². The SMILES string of the molecule is COCC1=C([C@H](O)CC/C(C)=C/c2cccc(O)c2)[C@H](CO)[C@@H]2C(=O)N(C(=O)OC)C(=O)[C@@H]2C1. The second-order valence-electron chi connectivity index (χ2n) is 8.74. The normalized spacial score (nSPS) is 23.9. The molecule has 0 spiro atoms. The summed E-state index contributed by atoms with van der Waals surface area (Å²) in [6.07, 6.45) is 0.867. The summed E-state index contributed by atoms with van der Waals surface area (Å²) in [5, 5.41) is 31.0. The second kappa shape index (κ2) is 10.9. The number of aromatic hydroxyl groups is 1. The molecule has 1 aromatic rings. The van der Waals surface area contributed by atoms with Crippen LogP contribution in [0, 0.1) is 17.8 Å². The van der Waals surface area contributed by atoms with Crippen molar-refractivity contribution < 1.29 is 39.2 Å². The van der Waals surface area contributed by atoms with Gasteiger partial charge in [0, 0.05) is 13.0 Å². The number of phenols is 1. The number of hydrogen-bond acceptors (Lipinski definition) is 8. The first-order valence-electron chi connectivity index (χ1n) is 11.1. The highest BCUT2D eigenvalue weighted by Gasteiger charge is 2.57. The molecule has 0 radical (unpaired) electrons. The fourth-order valence-electron chi connectivity index (χ4n) is 5.03. The summed E-state index contributed by atoms with van der Waals surface area (Å²) >= 11 is 0. The zero-order chi connectivity index (χ0) is 25.0. The lowest BCUT2D eigenvalue weighted by Crippen LogP contribution is -2.40. The Kier molecular flexibility index (Phi) is 8.24. The summed E-state index contributed by atoms with van der Waals surface area (Å²) in [6, 6.07) is 6.82. The summed E-state index contributed by atoms with van der Waals surface area (Å²) in [7, 11) is 2.58. The van der Waals surface area contributed by atoms with Gasteiger partial charge < -0.3 is 24.8 Å². The van der Waals surface area contributed by atoms with Crippen molar-refractivity contribution in [3.63, 3.8) is 0 Å². The van der Waals surface area contributed by atoms with Gasteiger partial charge in [0.2, 0.25) is 11.8 Å². The molecule has 4 atom stereocenters. The average Bonchev–Trinajstić information content (AvgIpc) is 3.06. The van der Waals surface area contributed by atoms with Crippen molar-refractivity contribution >= 4 is 24.0 Å². The third kappa shape index (κ3) is 5.06. The first-order valence-corrected chi connectivity index (χ1v) is 11.1. The second-order valence-corrected chi connectivity index (χ2v) is 8.74. The number of ether oxygens (including phenoxy) is 2. The van der Waals surface area contributed by atoms with Gasteiger partial charge in [-0.1, -0.05) is 23.8 Å². The minimum atomic E-state index is -1.05. The molecular weight excluding hydrogens is 442 g/mol. The van der Waals surface area contributed by atoms with E-state index in [1.807, 2.05) is 19.1 Å². The molecule has 0 bridgehead atoms. The number of carbonyl (C=O) groups is 3. The molecule has 2 aliphatic rings. The molecule has 1 aliphatic carbocycles. The predicted octanol–water partition coefficient (Wildman–Crippen LogP) is 2.26. The number of fused-ring (bicyclic) bond motifs is 1. The smallest absolute Gasteiger partial charge is 0.423 e. The van der Waals surface area contributed by atoms with Gasteiger partial charge >= 0.3 is 6.09 Å². The minimum absolute atomic E-state index is 0.129. The van der Waals surface area contributed by atoms with E-state index in [9.17, 15) is 29.7 Å². The topological polar surface area (TPSA) is 134 Å². The molecule has 1 aromatic carbocycles. The molecule has 9 nitrogen and oxygen atoms in total. The Bertz CT molecular complexity index is 1010. The number of likely N-dealkylation sites (tertiary alicyclic amines) is 1. The summed E-state index contributed by atoms with van der Waals surface area (Å²) in [6.45, 7) is 1.58. The summed E-state index contributed by atoms with van der Waals surface area (Å²) < 4.78 is 9.88. The van der Waals surface area contributed by atoms with Gasteiger partial charge in [-0.3, -0.25) is 9.59 Å². The Labute approximate surface area is 198 Å². The number of aliphatic hydroxyl groups is 2. The molecule has 3 N–H and O–H groups in total. The van der Waals surface area contributed by atoms with E-state index in [-0.39, 0.29) is 18.8 Å². The van der Waals surface area contributed by atoms with Crippen LogP contribution in [0.3, 0.4) is 0 Å². The minimum Gasteiger partial charge on any atom is -0.508 e. The highest BCUT2D eigenvalue weighted by atomic mass is 16.5. The standard InChI is InChI=1S/C25H31NO8/c1-14(9-15-5-4-6-17(28)10-15)7-8-20(29)21-16(13-33-2)11-18-22(19(21)12-27)24(31)26(23(18)30)25(32)34-3/h4-6,9-10,18-20,22,27-29H,7-8,11-13H2,1-3H3/b14-9+/t18-,19+,20-,22-/m1/s1. The largest absolute Gasteiger partial charge is 0.508 e.